The van der Waals surface area contributed by atoms with Crippen LogP contribution in [0.25, 0.3) is 0 Å². The molecule has 0 saturated carbocycles. The molecule has 0 aromatic heterocycles. The van der Waals surface area contributed by atoms with E-state index < -0.39 is 17.4 Å². The molecule has 1 atom stereocenters. The molecule has 90 valence electrons. The second-order valence-corrected chi connectivity index (χ2v) is 3.97. The van der Waals surface area contributed by atoms with Gasteiger partial charge in [0.25, 0.3) is 0 Å². The van der Waals surface area contributed by atoms with Gasteiger partial charge in [-0.25, -0.2) is 0 Å². The normalized spacial score (nSPS) is 13.5. The first-order chi connectivity index (χ1) is 7.37. The summed E-state index contributed by atoms with van der Waals surface area (Å²) in [6.07, 6.45) is -4.58. The Kier molecular flexibility index (Phi) is 4.31. The van der Waals surface area contributed by atoms with E-state index in [-0.39, 0.29) is 17.9 Å². The fraction of sp³-hybridized carbons (Fsp3) is 0.333. The lowest BCUT2D eigenvalue weighted by molar-refractivity contribution is -0.274. The second-order valence-electron chi connectivity index (χ2n) is 2.95. The fourth-order valence-corrected chi connectivity index (χ4v) is 1.50. The van der Waals surface area contributed by atoms with Gasteiger partial charge in [-0.3, -0.25) is 4.21 Å². The van der Waals surface area contributed by atoms with Crippen molar-refractivity contribution in [3.63, 3.8) is 0 Å². The Labute approximate surface area is 92.5 Å². The van der Waals surface area contributed by atoms with E-state index in [1.807, 2.05) is 0 Å². The minimum absolute atomic E-state index is 0.129. The number of rotatable bonds is 4. The molecule has 16 heavy (non-hydrogen) atoms. The Morgan fingerprint density at radius 1 is 1.38 bits per heavy atom. The molecule has 1 rings (SSSR count). The summed E-state index contributed by atoms with van der Waals surface area (Å²) in [5.74, 6) is -0.475. The third kappa shape index (κ3) is 5.13. The van der Waals surface area contributed by atoms with E-state index in [0.717, 1.165) is 6.07 Å². The van der Waals surface area contributed by atoms with Crippen molar-refractivity contribution in [3.05, 3.63) is 29.8 Å². The molecular formula is C9H8F3O3S-. The number of hydrogen-bond acceptors (Lipinski definition) is 3. The Bertz CT molecular complexity index is 379. The second kappa shape index (κ2) is 5.31. The van der Waals surface area contributed by atoms with Crippen molar-refractivity contribution in [1.82, 2.24) is 0 Å². The average molecular weight is 253 g/mol. The predicted molar refractivity (Wildman–Crippen MR) is 50.6 cm³/mol. The number of aryl methyl sites for hydroxylation is 1. The largest absolute Gasteiger partial charge is 0.772 e. The number of ether oxygens (including phenoxy) is 1. The van der Waals surface area contributed by atoms with E-state index >= 15 is 0 Å². The van der Waals surface area contributed by atoms with Crippen LogP contribution in [0.15, 0.2) is 24.3 Å². The average Bonchev–Trinajstić information content (AvgIpc) is 2.12. The van der Waals surface area contributed by atoms with E-state index in [1.54, 1.807) is 0 Å². The van der Waals surface area contributed by atoms with Gasteiger partial charge in [-0.05, 0) is 24.1 Å². The fourth-order valence-electron chi connectivity index (χ4n) is 1.10. The lowest BCUT2D eigenvalue weighted by atomic mass is 10.2. The highest BCUT2D eigenvalue weighted by Crippen LogP contribution is 2.23. The van der Waals surface area contributed by atoms with Gasteiger partial charge in [0.1, 0.15) is 5.75 Å². The highest BCUT2D eigenvalue weighted by atomic mass is 32.2. The third-order valence-corrected chi connectivity index (χ3v) is 2.23. The summed E-state index contributed by atoms with van der Waals surface area (Å²) in [5.41, 5.74) is 0.478. The van der Waals surface area contributed by atoms with Gasteiger partial charge in [0.2, 0.25) is 0 Å². The molecule has 0 saturated heterocycles. The Hall–Kier alpha value is -1.08. The van der Waals surface area contributed by atoms with Crippen LogP contribution in [-0.4, -0.2) is 20.9 Å². The van der Waals surface area contributed by atoms with Crippen molar-refractivity contribution in [2.75, 3.05) is 5.75 Å². The topological polar surface area (TPSA) is 49.4 Å². The lowest BCUT2D eigenvalue weighted by Gasteiger charge is -2.10. The SMILES string of the molecule is O=S([O-])CCc1cccc(OC(F)(F)F)c1. The van der Waals surface area contributed by atoms with Gasteiger partial charge in [0.15, 0.2) is 0 Å². The van der Waals surface area contributed by atoms with Crippen molar-refractivity contribution in [1.29, 1.82) is 0 Å². The van der Waals surface area contributed by atoms with E-state index in [9.17, 15) is 21.9 Å². The molecule has 0 bridgehead atoms. The Morgan fingerprint density at radius 3 is 2.62 bits per heavy atom. The van der Waals surface area contributed by atoms with Gasteiger partial charge in [-0.1, -0.05) is 23.2 Å². The molecule has 0 N–H and O–H groups in total. The van der Waals surface area contributed by atoms with Crippen molar-refractivity contribution in [2.45, 2.75) is 12.8 Å². The van der Waals surface area contributed by atoms with E-state index in [4.69, 9.17) is 0 Å². The number of halogens is 3. The number of hydrogen-bond donors (Lipinski definition) is 0. The monoisotopic (exact) mass is 253 g/mol. The minimum Gasteiger partial charge on any atom is -0.772 e. The molecule has 1 aromatic rings. The first kappa shape index (κ1) is 13.0. The van der Waals surface area contributed by atoms with Crippen LogP contribution >= 0.6 is 0 Å². The number of benzene rings is 1. The molecule has 0 aliphatic carbocycles. The Morgan fingerprint density at radius 2 is 2.06 bits per heavy atom. The lowest BCUT2D eigenvalue weighted by Crippen LogP contribution is -2.17. The van der Waals surface area contributed by atoms with Crippen molar-refractivity contribution in [3.8, 4) is 5.75 Å². The van der Waals surface area contributed by atoms with E-state index in [0.29, 0.717) is 5.56 Å². The van der Waals surface area contributed by atoms with Crippen LogP contribution < -0.4 is 4.74 Å². The predicted octanol–water partition coefficient (Wildman–Crippen LogP) is 2.01. The highest BCUT2D eigenvalue weighted by Gasteiger charge is 2.30. The van der Waals surface area contributed by atoms with Gasteiger partial charge in [0.05, 0.1) is 0 Å². The highest BCUT2D eigenvalue weighted by molar-refractivity contribution is 7.79. The summed E-state index contributed by atoms with van der Waals surface area (Å²) >= 11 is -2.20. The summed E-state index contributed by atoms with van der Waals surface area (Å²) in [7, 11) is 0. The molecule has 0 spiro atoms. The zero-order chi connectivity index (χ0) is 12.2. The van der Waals surface area contributed by atoms with Crippen LogP contribution in [0.4, 0.5) is 13.2 Å². The summed E-state index contributed by atoms with van der Waals surface area (Å²) in [4.78, 5) is 0. The van der Waals surface area contributed by atoms with Gasteiger partial charge >= 0.3 is 6.36 Å². The first-order valence-corrected chi connectivity index (χ1v) is 5.52. The summed E-state index contributed by atoms with van der Waals surface area (Å²) < 4.78 is 59.8. The third-order valence-electron chi connectivity index (χ3n) is 1.69. The molecule has 0 aliphatic heterocycles. The molecule has 1 aromatic carbocycles. The maximum atomic E-state index is 11.9. The molecular weight excluding hydrogens is 245 g/mol. The summed E-state index contributed by atoms with van der Waals surface area (Å²) in [5, 5.41) is 0. The van der Waals surface area contributed by atoms with Crippen molar-refractivity contribution >= 4 is 11.1 Å². The molecule has 7 heteroatoms. The van der Waals surface area contributed by atoms with E-state index in [2.05, 4.69) is 4.74 Å². The molecule has 0 radical (unpaired) electrons. The Balaban J connectivity index is 2.67. The molecule has 0 heterocycles. The smallest absolute Gasteiger partial charge is 0.573 e. The molecule has 3 nitrogen and oxygen atoms in total. The van der Waals surface area contributed by atoms with Gasteiger partial charge in [0, 0.05) is 5.75 Å². The molecule has 0 fully saturated rings. The van der Waals surface area contributed by atoms with Crippen molar-refractivity contribution < 1.29 is 26.7 Å². The van der Waals surface area contributed by atoms with Crippen LogP contribution in [-0.2, 0) is 17.5 Å². The van der Waals surface area contributed by atoms with Crippen LogP contribution in [0.1, 0.15) is 5.56 Å². The van der Waals surface area contributed by atoms with Gasteiger partial charge in [-0.15, -0.1) is 13.2 Å². The van der Waals surface area contributed by atoms with Crippen LogP contribution in [0, 0.1) is 0 Å². The van der Waals surface area contributed by atoms with Crippen LogP contribution in [0.2, 0.25) is 0 Å². The van der Waals surface area contributed by atoms with Gasteiger partial charge in [-0.2, -0.15) is 0 Å². The summed E-state index contributed by atoms with van der Waals surface area (Å²) in [6.45, 7) is 0. The quantitative estimate of drug-likeness (QED) is 0.771. The standard InChI is InChI=1S/C9H9F3O3S/c10-9(11,12)15-8-3-1-2-7(6-8)4-5-16(13)14/h1-3,6H,4-5H2,(H,13,14)/p-1. The summed E-state index contributed by atoms with van der Waals surface area (Å²) in [6, 6.07) is 5.24. The zero-order valence-corrected chi connectivity index (χ0v) is 8.81. The van der Waals surface area contributed by atoms with Crippen molar-refractivity contribution in [2.24, 2.45) is 0 Å². The number of alkyl halides is 3. The van der Waals surface area contributed by atoms with E-state index in [1.165, 1.54) is 18.2 Å². The first-order valence-electron chi connectivity index (χ1n) is 4.27. The maximum absolute atomic E-state index is 11.9. The molecule has 0 aliphatic rings. The minimum atomic E-state index is -4.74. The zero-order valence-electron chi connectivity index (χ0n) is 7.99. The van der Waals surface area contributed by atoms with Crippen LogP contribution in [0.3, 0.4) is 0 Å². The van der Waals surface area contributed by atoms with Crippen LogP contribution in [0.5, 0.6) is 5.75 Å². The molecule has 1 unspecified atom stereocenters. The van der Waals surface area contributed by atoms with Gasteiger partial charge < -0.3 is 9.29 Å². The molecule has 0 amide bonds. The maximum Gasteiger partial charge on any atom is 0.573 e.